The number of alkyl halides is 2. The summed E-state index contributed by atoms with van der Waals surface area (Å²) in [6.45, 7) is 2.59. The number of carbonyl (C=O) groups excluding carboxylic acids is 1. The Balaban J connectivity index is 1.63. The van der Waals surface area contributed by atoms with Crippen LogP contribution in [-0.2, 0) is 11.3 Å². The molecule has 1 amide bonds. The van der Waals surface area contributed by atoms with Crippen molar-refractivity contribution in [2.24, 2.45) is 5.41 Å². The number of hydrogen-bond donors (Lipinski definition) is 0. The van der Waals surface area contributed by atoms with Crippen LogP contribution in [0.2, 0.25) is 0 Å². The minimum atomic E-state index is -2.95. The molecule has 4 rings (SSSR count). The molecule has 2 fully saturated rings. The Hall–Kier alpha value is -2.85. The Morgan fingerprint density at radius 1 is 1.23 bits per heavy atom. The lowest BCUT2D eigenvalue weighted by Crippen LogP contribution is -2.61. The van der Waals surface area contributed by atoms with E-state index < -0.39 is 17.8 Å². The lowest BCUT2D eigenvalue weighted by atomic mass is 9.71. The molecule has 2 saturated heterocycles. The van der Waals surface area contributed by atoms with Crippen LogP contribution in [0.3, 0.4) is 0 Å². The van der Waals surface area contributed by atoms with Gasteiger partial charge in [-0.2, -0.15) is 5.26 Å². The van der Waals surface area contributed by atoms with E-state index in [-0.39, 0.29) is 19.0 Å². The van der Waals surface area contributed by atoms with E-state index in [1.54, 1.807) is 40.3 Å². The second kappa shape index (κ2) is 7.77. The summed E-state index contributed by atoms with van der Waals surface area (Å²) in [4.78, 5) is 21.1. The summed E-state index contributed by atoms with van der Waals surface area (Å²) in [6, 6.07) is 12.6. The van der Waals surface area contributed by atoms with E-state index in [0.29, 0.717) is 37.2 Å². The maximum absolute atomic E-state index is 14.8. The summed E-state index contributed by atoms with van der Waals surface area (Å²) in [5, 5.41) is 9.17. The number of halogens is 2. The number of aromatic nitrogens is 1. The van der Waals surface area contributed by atoms with Crippen LogP contribution in [0, 0.1) is 23.7 Å². The molecule has 30 heavy (non-hydrogen) atoms. The normalized spacial score (nSPS) is 24.1. The van der Waals surface area contributed by atoms with Crippen LogP contribution in [0.5, 0.6) is 0 Å². The second-order valence-electron chi connectivity index (χ2n) is 8.45. The summed E-state index contributed by atoms with van der Waals surface area (Å²) in [6.07, 6.45) is 2.31. The molecule has 0 bridgehead atoms. The lowest BCUT2D eigenvalue weighted by molar-refractivity contribution is -0.155. The Bertz CT molecular complexity index is 1000. The summed E-state index contributed by atoms with van der Waals surface area (Å²) in [5.41, 5.74) is 1.61. The number of piperidine rings is 2. The van der Waals surface area contributed by atoms with E-state index in [4.69, 9.17) is 5.26 Å². The molecule has 2 aliphatic heterocycles. The van der Waals surface area contributed by atoms with Crippen LogP contribution in [0.1, 0.15) is 36.1 Å². The van der Waals surface area contributed by atoms with E-state index in [2.05, 4.69) is 11.1 Å². The molecule has 0 saturated carbocycles. The number of hydrogen-bond acceptors (Lipinski definition) is 4. The molecule has 3 heterocycles. The number of carbonyl (C=O) groups is 1. The standard InChI is InChI=1S/C23H24F2N4O/c1-17-5-3-9-27-20(17)13-28-15-22(14-23(24,25)16-28)8-4-10-29(21(22)30)19-7-2-6-18(11-19)12-26/h2-3,5-7,9,11H,4,8,10,13-16H2,1H3. The first kappa shape index (κ1) is 20.4. The molecule has 156 valence electrons. The molecule has 1 spiro atoms. The van der Waals surface area contributed by atoms with Crippen molar-refractivity contribution in [1.82, 2.24) is 9.88 Å². The molecule has 5 nitrogen and oxygen atoms in total. The number of benzene rings is 1. The van der Waals surface area contributed by atoms with Gasteiger partial charge in [-0.1, -0.05) is 12.1 Å². The van der Waals surface area contributed by atoms with Crippen molar-refractivity contribution in [1.29, 1.82) is 5.26 Å². The van der Waals surface area contributed by atoms with Gasteiger partial charge in [0, 0.05) is 37.9 Å². The van der Waals surface area contributed by atoms with Crippen LogP contribution in [0.25, 0.3) is 0 Å². The first-order valence-corrected chi connectivity index (χ1v) is 10.1. The van der Waals surface area contributed by atoms with E-state index in [1.165, 1.54) is 0 Å². The van der Waals surface area contributed by atoms with Gasteiger partial charge in [-0.05, 0) is 49.6 Å². The average molecular weight is 410 g/mol. The monoisotopic (exact) mass is 410 g/mol. The van der Waals surface area contributed by atoms with Crippen molar-refractivity contribution in [3.8, 4) is 6.07 Å². The Labute approximate surface area is 174 Å². The summed E-state index contributed by atoms with van der Waals surface area (Å²) in [7, 11) is 0. The van der Waals surface area contributed by atoms with Crippen LogP contribution in [0.15, 0.2) is 42.6 Å². The third kappa shape index (κ3) is 3.92. The van der Waals surface area contributed by atoms with Gasteiger partial charge in [-0.25, -0.2) is 8.78 Å². The summed E-state index contributed by atoms with van der Waals surface area (Å²) < 4.78 is 29.7. The highest BCUT2D eigenvalue weighted by molar-refractivity contribution is 5.98. The minimum absolute atomic E-state index is 0.272. The fourth-order valence-electron chi connectivity index (χ4n) is 4.80. The van der Waals surface area contributed by atoms with Crippen LogP contribution < -0.4 is 4.90 Å². The molecule has 1 aromatic heterocycles. The number of rotatable bonds is 3. The SMILES string of the molecule is Cc1cccnc1CN1CC(F)(F)CC2(CCCN(c3cccc(C#N)c3)C2=O)C1. The molecule has 2 aliphatic rings. The third-order valence-electron chi connectivity index (χ3n) is 6.09. The largest absolute Gasteiger partial charge is 0.312 e. The van der Waals surface area contributed by atoms with Crippen LogP contribution in [0.4, 0.5) is 14.5 Å². The summed E-state index contributed by atoms with van der Waals surface area (Å²) in [5.74, 6) is -3.22. The Morgan fingerprint density at radius 3 is 2.83 bits per heavy atom. The number of anilines is 1. The molecule has 7 heteroatoms. The van der Waals surface area contributed by atoms with Crippen molar-refractivity contribution in [2.45, 2.75) is 38.7 Å². The van der Waals surface area contributed by atoms with Crippen LogP contribution in [-0.4, -0.2) is 41.3 Å². The highest BCUT2D eigenvalue weighted by Crippen LogP contribution is 2.46. The molecule has 0 N–H and O–H groups in total. The topological polar surface area (TPSA) is 60.2 Å². The predicted molar refractivity (Wildman–Crippen MR) is 109 cm³/mol. The maximum Gasteiger partial charge on any atom is 0.261 e. The Kier molecular flexibility index (Phi) is 5.29. The van der Waals surface area contributed by atoms with E-state index in [0.717, 1.165) is 11.3 Å². The van der Waals surface area contributed by atoms with Gasteiger partial charge < -0.3 is 4.90 Å². The second-order valence-corrected chi connectivity index (χ2v) is 8.45. The number of amides is 1. The molecular formula is C23H24F2N4O. The van der Waals surface area contributed by atoms with Crippen molar-refractivity contribution in [3.05, 3.63) is 59.4 Å². The number of pyridine rings is 1. The molecule has 1 aromatic carbocycles. The van der Waals surface area contributed by atoms with Crippen LogP contribution >= 0.6 is 0 Å². The van der Waals surface area contributed by atoms with Gasteiger partial charge in [0.05, 0.1) is 29.3 Å². The van der Waals surface area contributed by atoms with Gasteiger partial charge in [-0.15, -0.1) is 0 Å². The first-order valence-electron chi connectivity index (χ1n) is 10.1. The van der Waals surface area contributed by atoms with Gasteiger partial charge in [0.25, 0.3) is 5.92 Å². The van der Waals surface area contributed by atoms with Gasteiger partial charge in [0.2, 0.25) is 5.91 Å². The highest BCUT2D eigenvalue weighted by Gasteiger charge is 2.55. The fourth-order valence-corrected chi connectivity index (χ4v) is 4.80. The van der Waals surface area contributed by atoms with Crippen molar-refractivity contribution < 1.29 is 13.6 Å². The number of aryl methyl sites for hydroxylation is 1. The van der Waals surface area contributed by atoms with Gasteiger partial charge >= 0.3 is 0 Å². The molecule has 0 radical (unpaired) electrons. The molecular weight excluding hydrogens is 386 g/mol. The van der Waals surface area contributed by atoms with E-state index in [9.17, 15) is 13.6 Å². The average Bonchev–Trinajstić information content (AvgIpc) is 2.71. The summed E-state index contributed by atoms with van der Waals surface area (Å²) >= 11 is 0. The smallest absolute Gasteiger partial charge is 0.261 e. The van der Waals surface area contributed by atoms with Gasteiger partial charge in [-0.3, -0.25) is 14.7 Å². The maximum atomic E-state index is 14.8. The number of nitriles is 1. The highest BCUT2D eigenvalue weighted by atomic mass is 19.3. The zero-order chi connectivity index (χ0) is 21.4. The fraction of sp³-hybridized carbons (Fsp3) is 0.435. The number of nitrogens with zero attached hydrogens (tertiary/aromatic N) is 4. The Morgan fingerprint density at radius 2 is 2.07 bits per heavy atom. The molecule has 1 atom stereocenters. The van der Waals surface area contributed by atoms with Gasteiger partial charge in [0.1, 0.15) is 0 Å². The van der Waals surface area contributed by atoms with E-state index >= 15 is 0 Å². The zero-order valence-corrected chi connectivity index (χ0v) is 16.9. The minimum Gasteiger partial charge on any atom is -0.312 e. The van der Waals surface area contributed by atoms with Gasteiger partial charge in [0.15, 0.2) is 0 Å². The molecule has 1 unspecified atom stereocenters. The van der Waals surface area contributed by atoms with Crippen molar-refractivity contribution in [3.63, 3.8) is 0 Å². The molecule has 2 aromatic rings. The lowest BCUT2D eigenvalue weighted by Gasteiger charge is -2.49. The molecule has 0 aliphatic carbocycles. The first-order chi connectivity index (χ1) is 14.3. The third-order valence-corrected chi connectivity index (χ3v) is 6.09. The van der Waals surface area contributed by atoms with Crippen molar-refractivity contribution in [2.75, 3.05) is 24.5 Å². The van der Waals surface area contributed by atoms with Crippen molar-refractivity contribution >= 4 is 11.6 Å². The quantitative estimate of drug-likeness (QED) is 0.770. The van der Waals surface area contributed by atoms with E-state index in [1.807, 2.05) is 19.1 Å². The zero-order valence-electron chi connectivity index (χ0n) is 16.9. The number of likely N-dealkylation sites (tertiary alicyclic amines) is 1. The predicted octanol–water partition coefficient (Wildman–Crippen LogP) is 3.92.